The zero-order chi connectivity index (χ0) is 11.5. The van der Waals surface area contributed by atoms with Crippen molar-refractivity contribution in [2.75, 3.05) is 0 Å². The second-order valence-corrected chi connectivity index (χ2v) is 5.48. The average Bonchev–Trinajstić information content (AvgIpc) is 2.15. The first kappa shape index (κ1) is 11.5. The first-order valence-electron chi connectivity index (χ1n) is 6.24. The first-order valence-corrected chi connectivity index (χ1v) is 6.24. The predicted octanol–water partition coefficient (Wildman–Crippen LogP) is 3.06. The lowest BCUT2D eigenvalue weighted by Crippen LogP contribution is -2.38. The minimum atomic E-state index is -0.829. The highest BCUT2D eigenvalue weighted by atomic mass is 16.5. The largest absolute Gasteiger partial charge is 0.419 e. The van der Waals surface area contributed by atoms with Crippen molar-refractivity contribution in [1.29, 1.82) is 0 Å². The third kappa shape index (κ3) is 2.77. The molecule has 4 fully saturated rings. The fourth-order valence-corrected chi connectivity index (χ4v) is 4.07. The summed E-state index contributed by atoms with van der Waals surface area (Å²) >= 11 is 0. The van der Waals surface area contributed by atoms with Gasteiger partial charge in [0, 0.05) is 0 Å². The van der Waals surface area contributed by atoms with Crippen LogP contribution in [0, 0.1) is 23.7 Å². The lowest BCUT2D eigenvalue weighted by molar-refractivity contribution is 0.0198. The van der Waals surface area contributed by atoms with E-state index in [9.17, 15) is 4.79 Å². The van der Waals surface area contributed by atoms with Crippen molar-refractivity contribution >= 4 is 6.09 Å². The molecule has 0 aromatic rings. The summed E-state index contributed by atoms with van der Waals surface area (Å²) in [5, 5.41) is 0. The van der Waals surface area contributed by atoms with Gasteiger partial charge in [0.05, 0.1) is 6.26 Å². The SMILES string of the molecule is C1C2CC3CC1CC(C2)C3.C=COC(N)=O. The predicted molar refractivity (Wildman–Crippen MR) is 62.5 cm³/mol. The monoisotopic (exact) mass is 223 g/mol. The number of hydrogen-bond donors (Lipinski definition) is 1. The van der Waals surface area contributed by atoms with Gasteiger partial charge in [0.15, 0.2) is 0 Å². The van der Waals surface area contributed by atoms with Crippen molar-refractivity contribution in [3.63, 3.8) is 0 Å². The molecule has 2 N–H and O–H groups in total. The van der Waals surface area contributed by atoms with Crippen LogP contribution in [0.1, 0.15) is 38.5 Å². The molecule has 4 aliphatic carbocycles. The molecular formula is C13H21NO2. The van der Waals surface area contributed by atoms with Crippen LogP contribution in [0.4, 0.5) is 4.79 Å². The summed E-state index contributed by atoms with van der Waals surface area (Å²) < 4.78 is 3.94. The van der Waals surface area contributed by atoms with E-state index in [4.69, 9.17) is 0 Å². The number of amides is 1. The Morgan fingerprint density at radius 1 is 1.00 bits per heavy atom. The standard InChI is InChI=1S/C10H16.C3H5NO2/c1-7-2-9-4-8(1)5-10(3-7)6-9;1-2-6-3(4)5/h7-10H,1-6H2;2H,1H2,(H2,4,5). The summed E-state index contributed by atoms with van der Waals surface area (Å²) in [7, 11) is 0. The molecule has 0 aromatic carbocycles. The second kappa shape index (κ2) is 4.89. The van der Waals surface area contributed by atoms with E-state index in [1.807, 2.05) is 0 Å². The van der Waals surface area contributed by atoms with Gasteiger partial charge in [-0.3, -0.25) is 0 Å². The molecule has 3 heteroatoms. The third-order valence-electron chi connectivity index (χ3n) is 4.20. The molecule has 0 heterocycles. The highest BCUT2D eigenvalue weighted by molar-refractivity contribution is 5.65. The molecule has 90 valence electrons. The molecule has 4 rings (SSSR count). The first-order chi connectivity index (χ1) is 7.67. The van der Waals surface area contributed by atoms with Gasteiger partial charge >= 0.3 is 6.09 Å². The fraction of sp³-hybridized carbons (Fsp3) is 0.769. The smallest absolute Gasteiger partial charge is 0.409 e. The minimum absolute atomic E-state index is 0.829. The quantitative estimate of drug-likeness (QED) is 0.694. The molecule has 16 heavy (non-hydrogen) atoms. The molecule has 4 bridgehead atoms. The van der Waals surface area contributed by atoms with Crippen molar-refractivity contribution in [1.82, 2.24) is 0 Å². The molecule has 0 saturated heterocycles. The van der Waals surface area contributed by atoms with Crippen LogP contribution in [0.5, 0.6) is 0 Å². The maximum atomic E-state index is 9.53. The number of nitrogens with two attached hydrogens (primary N) is 1. The van der Waals surface area contributed by atoms with E-state index in [1.165, 1.54) is 23.7 Å². The highest BCUT2D eigenvalue weighted by Crippen LogP contribution is 2.53. The fourth-order valence-electron chi connectivity index (χ4n) is 4.07. The van der Waals surface area contributed by atoms with Gasteiger partial charge in [-0.15, -0.1) is 0 Å². The van der Waals surface area contributed by atoms with Gasteiger partial charge in [0.25, 0.3) is 0 Å². The van der Waals surface area contributed by atoms with Crippen molar-refractivity contribution in [2.45, 2.75) is 38.5 Å². The van der Waals surface area contributed by atoms with Crippen molar-refractivity contribution in [3.05, 3.63) is 12.8 Å². The van der Waals surface area contributed by atoms with Gasteiger partial charge < -0.3 is 10.5 Å². The Kier molecular flexibility index (Phi) is 3.52. The maximum absolute atomic E-state index is 9.53. The molecule has 1 amide bonds. The number of carbonyl (C=O) groups excluding carboxylic acids is 1. The summed E-state index contributed by atoms with van der Waals surface area (Å²) in [5.41, 5.74) is 4.47. The van der Waals surface area contributed by atoms with Crippen LogP contribution in [-0.2, 0) is 4.74 Å². The van der Waals surface area contributed by atoms with Crippen LogP contribution in [0.2, 0.25) is 0 Å². The van der Waals surface area contributed by atoms with Crippen LogP contribution in [-0.4, -0.2) is 6.09 Å². The van der Waals surface area contributed by atoms with Gasteiger partial charge in [0.2, 0.25) is 0 Å². The molecule has 0 aliphatic heterocycles. The Balaban J connectivity index is 0.000000142. The summed E-state index contributed by atoms with van der Waals surface area (Å²) in [6.07, 6.45) is 9.77. The molecule has 4 saturated carbocycles. The number of hydrogen-bond acceptors (Lipinski definition) is 2. The molecule has 0 spiro atoms. The molecule has 3 nitrogen and oxygen atoms in total. The van der Waals surface area contributed by atoms with E-state index >= 15 is 0 Å². The van der Waals surface area contributed by atoms with Gasteiger partial charge in [-0.05, 0) is 62.2 Å². The molecule has 4 aliphatic rings. The van der Waals surface area contributed by atoms with Crippen LogP contribution in [0.25, 0.3) is 0 Å². The Morgan fingerprint density at radius 2 is 1.31 bits per heavy atom. The topological polar surface area (TPSA) is 52.3 Å². The van der Waals surface area contributed by atoms with E-state index < -0.39 is 6.09 Å². The lowest BCUT2D eigenvalue weighted by atomic mass is 9.56. The summed E-state index contributed by atoms with van der Waals surface area (Å²) in [5.74, 6) is 4.71. The number of ether oxygens (including phenoxy) is 1. The zero-order valence-electron chi connectivity index (χ0n) is 9.73. The Hall–Kier alpha value is -0.990. The maximum Gasteiger partial charge on any atom is 0.409 e. The number of rotatable bonds is 1. The average molecular weight is 223 g/mol. The van der Waals surface area contributed by atoms with Crippen molar-refractivity contribution in [2.24, 2.45) is 29.4 Å². The van der Waals surface area contributed by atoms with Crippen LogP contribution in [0.15, 0.2) is 12.8 Å². The van der Waals surface area contributed by atoms with E-state index in [1.54, 1.807) is 38.5 Å². The van der Waals surface area contributed by atoms with Gasteiger partial charge in [-0.1, -0.05) is 6.58 Å². The molecule has 0 unspecified atom stereocenters. The van der Waals surface area contributed by atoms with Crippen LogP contribution in [0.3, 0.4) is 0 Å². The second-order valence-electron chi connectivity index (χ2n) is 5.48. The van der Waals surface area contributed by atoms with Crippen molar-refractivity contribution in [3.8, 4) is 0 Å². The van der Waals surface area contributed by atoms with Gasteiger partial charge in [-0.25, -0.2) is 4.79 Å². The van der Waals surface area contributed by atoms with E-state index in [-0.39, 0.29) is 0 Å². The van der Waals surface area contributed by atoms with Crippen LogP contribution < -0.4 is 5.73 Å². The molecule has 0 atom stereocenters. The Labute approximate surface area is 97.0 Å². The van der Waals surface area contributed by atoms with E-state index in [2.05, 4.69) is 17.0 Å². The summed E-state index contributed by atoms with van der Waals surface area (Å²) in [4.78, 5) is 9.53. The number of primary amides is 1. The zero-order valence-corrected chi connectivity index (χ0v) is 9.73. The summed E-state index contributed by atoms with van der Waals surface area (Å²) in [6.45, 7) is 3.08. The lowest BCUT2D eigenvalue weighted by Gasteiger charge is -2.49. The third-order valence-corrected chi connectivity index (χ3v) is 4.20. The molecule has 0 radical (unpaired) electrons. The Bertz CT molecular complexity index is 219. The van der Waals surface area contributed by atoms with Crippen LogP contribution >= 0.6 is 0 Å². The van der Waals surface area contributed by atoms with E-state index in [0.717, 1.165) is 6.26 Å². The number of carbonyl (C=O) groups is 1. The molecular weight excluding hydrogens is 202 g/mol. The van der Waals surface area contributed by atoms with Gasteiger partial charge in [0.1, 0.15) is 0 Å². The summed E-state index contributed by atoms with van der Waals surface area (Å²) in [6, 6.07) is 0. The van der Waals surface area contributed by atoms with E-state index in [0.29, 0.717) is 0 Å². The highest BCUT2D eigenvalue weighted by Gasteiger charge is 2.41. The Morgan fingerprint density at radius 3 is 1.44 bits per heavy atom. The molecule has 0 aromatic heterocycles. The normalized spacial score (nSPS) is 38.5. The van der Waals surface area contributed by atoms with Crippen molar-refractivity contribution < 1.29 is 9.53 Å². The minimum Gasteiger partial charge on any atom is -0.419 e. The van der Waals surface area contributed by atoms with Gasteiger partial charge in [-0.2, -0.15) is 0 Å².